The molecule has 0 radical (unpaired) electrons. The number of rotatable bonds is 6. The third-order valence-electron chi connectivity index (χ3n) is 3.47. The molecule has 1 N–H and O–H groups in total. The minimum atomic E-state index is -4.84. The summed E-state index contributed by atoms with van der Waals surface area (Å²) >= 11 is 1.48. The summed E-state index contributed by atoms with van der Waals surface area (Å²) in [6.07, 6.45) is -3.22. The maximum absolute atomic E-state index is 12.4. The van der Waals surface area contributed by atoms with Crippen LogP contribution in [0.5, 0.6) is 5.75 Å². The van der Waals surface area contributed by atoms with E-state index in [2.05, 4.69) is 14.4 Å². The van der Waals surface area contributed by atoms with Crippen molar-refractivity contribution in [2.45, 2.75) is 17.8 Å². The standard InChI is InChI=1S/C17H13F3N2O3S2/c18-17(19,20)25-13-5-7-14(8-6-13)27(23,24)22-11-12-3-1-9-21-16(12)15-4-2-10-26-15/h1-10,22H,11H2. The first kappa shape index (κ1) is 19.3. The predicted molar refractivity (Wildman–Crippen MR) is 94.7 cm³/mol. The van der Waals surface area contributed by atoms with Gasteiger partial charge in [-0.3, -0.25) is 4.98 Å². The van der Waals surface area contributed by atoms with Crippen LogP contribution in [0.3, 0.4) is 0 Å². The van der Waals surface area contributed by atoms with Crippen LogP contribution in [0.25, 0.3) is 10.6 Å². The average Bonchev–Trinajstić information content (AvgIpc) is 3.14. The molecule has 0 amide bonds. The minimum absolute atomic E-state index is 0.00971. The van der Waals surface area contributed by atoms with Gasteiger partial charge in [-0.15, -0.1) is 24.5 Å². The van der Waals surface area contributed by atoms with Crippen molar-refractivity contribution in [3.05, 3.63) is 65.7 Å². The van der Waals surface area contributed by atoms with Crippen molar-refractivity contribution in [3.63, 3.8) is 0 Å². The van der Waals surface area contributed by atoms with Crippen molar-refractivity contribution >= 4 is 21.4 Å². The Morgan fingerprint density at radius 2 is 1.81 bits per heavy atom. The number of thiophene rings is 1. The zero-order valence-electron chi connectivity index (χ0n) is 13.6. The van der Waals surface area contributed by atoms with E-state index in [1.807, 2.05) is 17.5 Å². The molecule has 5 nitrogen and oxygen atoms in total. The van der Waals surface area contributed by atoms with Crippen molar-refractivity contribution in [1.82, 2.24) is 9.71 Å². The molecule has 2 aromatic heterocycles. The summed E-state index contributed by atoms with van der Waals surface area (Å²) in [6, 6.07) is 11.2. The summed E-state index contributed by atoms with van der Waals surface area (Å²) in [7, 11) is -3.92. The summed E-state index contributed by atoms with van der Waals surface area (Å²) in [5.41, 5.74) is 1.35. The molecule has 0 saturated carbocycles. The molecule has 0 spiro atoms. The molecule has 10 heteroatoms. The topological polar surface area (TPSA) is 68.3 Å². The third kappa shape index (κ3) is 5.06. The highest BCUT2D eigenvalue weighted by Crippen LogP contribution is 2.27. The highest BCUT2D eigenvalue weighted by Gasteiger charge is 2.31. The van der Waals surface area contributed by atoms with Crippen LogP contribution in [0.2, 0.25) is 0 Å². The maximum atomic E-state index is 12.4. The van der Waals surface area contributed by atoms with E-state index in [1.54, 1.807) is 18.3 Å². The smallest absolute Gasteiger partial charge is 0.406 e. The van der Waals surface area contributed by atoms with Crippen LogP contribution in [0, 0.1) is 0 Å². The SMILES string of the molecule is O=S(=O)(NCc1cccnc1-c1cccs1)c1ccc(OC(F)(F)F)cc1. The third-order valence-corrected chi connectivity index (χ3v) is 5.76. The Morgan fingerprint density at radius 3 is 2.44 bits per heavy atom. The van der Waals surface area contributed by atoms with E-state index in [1.165, 1.54) is 11.3 Å². The Morgan fingerprint density at radius 1 is 1.07 bits per heavy atom. The monoisotopic (exact) mass is 414 g/mol. The van der Waals surface area contributed by atoms with Crippen molar-refractivity contribution in [2.24, 2.45) is 0 Å². The second kappa shape index (κ2) is 7.67. The number of pyridine rings is 1. The lowest BCUT2D eigenvalue weighted by atomic mass is 10.2. The second-order valence-electron chi connectivity index (χ2n) is 5.33. The van der Waals surface area contributed by atoms with E-state index < -0.39 is 22.1 Å². The van der Waals surface area contributed by atoms with Crippen molar-refractivity contribution in [3.8, 4) is 16.3 Å². The molecule has 0 atom stereocenters. The number of alkyl halides is 3. The van der Waals surface area contributed by atoms with Crippen LogP contribution in [-0.4, -0.2) is 19.8 Å². The number of hydrogen-bond donors (Lipinski definition) is 1. The molecular weight excluding hydrogens is 401 g/mol. The fourth-order valence-electron chi connectivity index (χ4n) is 2.29. The summed E-state index contributed by atoms with van der Waals surface area (Å²) < 4.78 is 67.5. The zero-order valence-corrected chi connectivity index (χ0v) is 15.2. The largest absolute Gasteiger partial charge is 0.573 e. The molecule has 0 saturated heterocycles. The van der Waals surface area contributed by atoms with E-state index in [9.17, 15) is 21.6 Å². The van der Waals surface area contributed by atoms with Gasteiger partial charge >= 0.3 is 6.36 Å². The predicted octanol–water partition coefficient (Wildman–Crippen LogP) is 4.19. The van der Waals surface area contributed by atoms with Crippen molar-refractivity contribution in [2.75, 3.05) is 0 Å². The summed E-state index contributed by atoms with van der Waals surface area (Å²) in [5, 5.41) is 1.89. The van der Waals surface area contributed by atoms with Crippen LogP contribution in [0.15, 0.2) is 65.0 Å². The zero-order chi connectivity index (χ0) is 19.5. The molecule has 3 rings (SSSR count). The quantitative estimate of drug-likeness (QED) is 0.657. The van der Waals surface area contributed by atoms with Crippen molar-refractivity contribution in [1.29, 1.82) is 0 Å². The average molecular weight is 414 g/mol. The number of aromatic nitrogens is 1. The van der Waals surface area contributed by atoms with Gasteiger partial charge in [-0.1, -0.05) is 12.1 Å². The van der Waals surface area contributed by atoms with Crippen LogP contribution >= 0.6 is 11.3 Å². The number of nitrogens with zero attached hydrogens (tertiary/aromatic N) is 1. The first-order valence-corrected chi connectivity index (χ1v) is 9.94. The van der Waals surface area contributed by atoms with E-state index in [4.69, 9.17) is 0 Å². The Kier molecular flexibility index (Phi) is 5.49. The van der Waals surface area contributed by atoms with Crippen LogP contribution in [0.1, 0.15) is 5.56 Å². The van der Waals surface area contributed by atoms with E-state index in [-0.39, 0.29) is 11.4 Å². The number of sulfonamides is 1. The summed E-state index contributed by atoms with van der Waals surface area (Å²) in [6.45, 7) is -0.00971. The summed E-state index contributed by atoms with van der Waals surface area (Å²) in [4.78, 5) is 5.03. The lowest BCUT2D eigenvalue weighted by molar-refractivity contribution is -0.274. The molecule has 0 aliphatic heterocycles. The second-order valence-corrected chi connectivity index (χ2v) is 8.05. The lowest BCUT2D eigenvalue weighted by Crippen LogP contribution is -2.23. The van der Waals surface area contributed by atoms with Gasteiger partial charge in [-0.2, -0.15) is 0 Å². The molecule has 2 heterocycles. The molecular formula is C17H13F3N2O3S2. The first-order valence-electron chi connectivity index (χ1n) is 7.58. The van der Waals surface area contributed by atoms with Crippen molar-refractivity contribution < 1.29 is 26.3 Å². The van der Waals surface area contributed by atoms with Gasteiger partial charge in [0.15, 0.2) is 0 Å². The van der Waals surface area contributed by atoms with E-state index in [0.29, 0.717) is 11.3 Å². The van der Waals surface area contributed by atoms with Gasteiger partial charge in [0, 0.05) is 12.7 Å². The number of benzene rings is 1. The molecule has 0 aliphatic carbocycles. The normalized spacial score (nSPS) is 12.1. The molecule has 142 valence electrons. The van der Waals surface area contributed by atoms with Gasteiger partial charge in [0.2, 0.25) is 10.0 Å². The Labute approximate surface area is 157 Å². The summed E-state index contributed by atoms with van der Waals surface area (Å²) in [5.74, 6) is -0.492. The first-order chi connectivity index (χ1) is 12.7. The van der Waals surface area contributed by atoms with Gasteiger partial charge < -0.3 is 4.74 Å². The molecule has 0 bridgehead atoms. The van der Waals surface area contributed by atoms with Gasteiger partial charge in [0.05, 0.1) is 15.5 Å². The fraction of sp³-hybridized carbons (Fsp3) is 0.118. The highest BCUT2D eigenvalue weighted by atomic mass is 32.2. The van der Waals surface area contributed by atoms with Gasteiger partial charge in [-0.05, 0) is 47.3 Å². The molecule has 3 aromatic rings. The molecule has 0 unspecified atom stereocenters. The number of nitrogens with one attached hydrogen (secondary N) is 1. The Balaban J connectivity index is 1.75. The number of hydrogen-bond acceptors (Lipinski definition) is 5. The lowest BCUT2D eigenvalue weighted by Gasteiger charge is -2.11. The fourth-order valence-corrected chi connectivity index (χ4v) is 4.06. The minimum Gasteiger partial charge on any atom is -0.406 e. The van der Waals surface area contributed by atoms with Crippen LogP contribution in [-0.2, 0) is 16.6 Å². The molecule has 0 fully saturated rings. The van der Waals surface area contributed by atoms with Gasteiger partial charge in [0.1, 0.15) is 5.75 Å². The van der Waals surface area contributed by atoms with Crippen LogP contribution < -0.4 is 9.46 Å². The van der Waals surface area contributed by atoms with Gasteiger partial charge in [0.25, 0.3) is 0 Å². The van der Waals surface area contributed by atoms with Crippen LogP contribution in [0.4, 0.5) is 13.2 Å². The number of ether oxygens (including phenoxy) is 1. The van der Waals surface area contributed by atoms with Gasteiger partial charge in [-0.25, -0.2) is 13.1 Å². The molecule has 27 heavy (non-hydrogen) atoms. The van der Waals surface area contributed by atoms with E-state index >= 15 is 0 Å². The Hall–Kier alpha value is -2.43. The number of halogens is 3. The molecule has 1 aromatic carbocycles. The highest BCUT2D eigenvalue weighted by molar-refractivity contribution is 7.89. The molecule has 0 aliphatic rings. The maximum Gasteiger partial charge on any atom is 0.573 e. The van der Waals surface area contributed by atoms with E-state index in [0.717, 1.165) is 29.1 Å². The Bertz CT molecular complexity index is 1000.